The molecule has 0 fully saturated rings. The molecule has 2 aromatic rings. The van der Waals surface area contributed by atoms with Crippen LogP contribution in [0.3, 0.4) is 0 Å². The number of nitrogens with two attached hydrogens (primary N) is 1. The number of aromatic amines is 1. The number of H-pyrrole nitrogens is 1. The van der Waals surface area contributed by atoms with Gasteiger partial charge in [-0.05, 0) is 12.1 Å². The molecular weight excluding hydrogens is 341 g/mol. The number of nitriles is 2. The van der Waals surface area contributed by atoms with Crippen molar-refractivity contribution in [3.8, 4) is 12.1 Å². The van der Waals surface area contributed by atoms with E-state index in [1.165, 1.54) is 17.0 Å². The highest BCUT2D eigenvalue weighted by Gasteiger charge is 2.18. The Labute approximate surface area is 148 Å². The summed E-state index contributed by atoms with van der Waals surface area (Å²) in [5.41, 5.74) is 6.54. The SMILES string of the molecule is CN(Cc1ccccc1F)C(=O)CSc1[nH+]c(N)c(C#N)cc1C#N. The first kappa shape index (κ1) is 18.2. The second-order valence-corrected chi connectivity index (χ2v) is 6.18. The summed E-state index contributed by atoms with van der Waals surface area (Å²) in [6.07, 6.45) is 0. The molecule has 0 spiro atoms. The van der Waals surface area contributed by atoms with E-state index in [9.17, 15) is 9.18 Å². The third-order valence-electron chi connectivity index (χ3n) is 3.44. The number of benzene rings is 1. The van der Waals surface area contributed by atoms with Gasteiger partial charge in [-0.3, -0.25) is 10.5 Å². The van der Waals surface area contributed by atoms with Crippen molar-refractivity contribution in [2.75, 3.05) is 18.5 Å². The van der Waals surface area contributed by atoms with Crippen molar-refractivity contribution in [3.63, 3.8) is 0 Å². The van der Waals surface area contributed by atoms with Crippen molar-refractivity contribution >= 4 is 23.5 Å². The number of nitrogens with one attached hydrogen (secondary N) is 1. The molecule has 0 atom stereocenters. The Bertz CT molecular complexity index is 888. The zero-order valence-electron chi connectivity index (χ0n) is 13.4. The van der Waals surface area contributed by atoms with Crippen LogP contribution in [-0.2, 0) is 11.3 Å². The molecule has 2 rings (SSSR count). The van der Waals surface area contributed by atoms with Gasteiger partial charge in [0.2, 0.25) is 5.91 Å². The van der Waals surface area contributed by atoms with Gasteiger partial charge in [-0.2, -0.15) is 10.5 Å². The maximum absolute atomic E-state index is 13.7. The molecule has 1 aromatic carbocycles. The van der Waals surface area contributed by atoms with E-state index in [4.69, 9.17) is 16.3 Å². The third kappa shape index (κ3) is 4.46. The highest BCUT2D eigenvalue weighted by Crippen LogP contribution is 2.21. The number of anilines is 1. The largest absolute Gasteiger partial charge is 0.341 e. The molecule has 3 N–H and O–H groups in total. The molecule has 0 aliphatic carbocycles. The summed E-state index contributed by atoms with van der Waals surface area (Å²) in [6.45, 7) is 0.149. The molecule has 0 bridgehead atoms. The second kappa shape index (κ2) is 8.13. The number of carbonyl (C=O) groups excluding carboxylic acids is 1. The summed E-state index contributed by atoms with van der Waals surface area (Å²) in [6, 6.07) is 11.5. The molecule has 1 aromatic heterocycles. The number of pyridine rings is 1. The number of hydrogen-bond donors (Lipinski definition) is 1. The smallest absolute Gasteiger partial charge is 0.289 e. The molecule has 1 heterocycles. The lowest BCUT2D eigenvalue weighted by molar-refractivity contribution is -0.410. The predicted molar refractivity (Wildman–Crippen MR) is 90.4 cm³/mol. The molecule has 25 heavy (non-hydrogen) atoms. The molecule has 0 saturated carbocycles. The van der Waals surface area contributed by atoms with E-state index < -0.39 is 0 Å². The van der Waals surface area contributed by atoms with Crippen LogP contribution in [0.15, 0.2) is 35.4 Å². The Kier molecular flexibility index (Phi) is 5.93. The summed E-state index contributed by atoms with van der Waals surface area (Å²) in [5.74, 6) is -0.416. The van der Waals surface area contributed by atoms with Crippen LogP contribution < -0.4 is 10.7 Å². The molecule has 1 amide bonds. The number of nitrogen functional groups attached to an aromatic ring is 1. The maximum Gasteiger partial charge on any atom is 0.289 e. The first-order valence-electron chi connectivity index (χ1n) is 7.22. The zero-order chi connectivity index (χ0) is 18.4. The van der Waals surface area contributed by atoms with E-state index in [-0.39, 0.29) is 41.0 Å². The standard InChI is InChI=1S/C17H14FN5OS/c1-23(9-11-4-2-3-5-14(11)18)15(24)10-25-17-13(8-20)6-12(7-19)16(21)22-17/h2-6H,9-10H2,1H3,(H2,21,22)/p+1. The van der Waals surface area contributed by atoms with Gasteiger partial charge in [0.1, 0.15) is 29.1 Å². The fourth-order valence-electron chi connectivity index (χ4n) is 2.05. The predicted octanol–water partition coefficient (Wildman–Crippen LogP) is 1.72. The van der Waals surface area contributed by atoms with E-state index in [1.807, 2.05) is 12.1 Å². The first-order valence-corrected chi connectivity index (χ1v) is 8.21. The van der Waals surface area contributed by atoms with Crippen LogP contribution in [0.1, 0.15) is 16.7 Å². The molecule has 0 saturated heterocycles. The van der Waals surface area contributed by atoms with Gasteiger partial charge < -0.3 is 4.90 Å². The number of carbonyl (C=O) groups is 1. The average Bonchev–Trinajstić information content (AvgIpc) is 2.61. The Balaban J connectivity index is 2.05. The van der Waals surface area contributed by atoms with Crippen molar-refractivity contribution in [1.82, 2.24) is 4.90 Å². The van der Waals surface area contributed by atoms with Crippen molar-refractivity contribution in [2.45, 2.75) is 11.6 Å². The lowest BCUT2D eigenvalue weighted by atomic mass is 10.2. The number of nitrogens with zero attached hydrogens (tertiary/aromatic N) is 3. The van der Waals surface area contributed by atoms with Gasteiger partial charge in [-0.25, -0.2) is 9.37 Å². The number of amides is 1. The van der Waals surface area contributed by atoms with Gasteiger partial charge >= 0.3 is 0 Å². The average molecular weight is 356 g/mol. The summed E-state index contributed by atoms with van der Waals surface area (Å²) >= 11 is 1.10. The number of halogens is 1. The minimum absolute atomic E-state index is 0.0431. The fraction of sp³-hybridized carbons (Fsp3) is 0.176. The third-order valence-corrected chi connectivity index (χ3v) is 4.45. The molecule has 8 heteroatoms. The van der Waals surface area contributed by atoms with E-state index in [2.05, 4.69) is 4.98 Å². The normalized spacial score (nSPS) is 9.92. The Morgan fingerprint density at radius 3 is 2.64 bits per heavy atom. The topological polar surface area (TPSA) is 108 Å². The van der Waals surface area contributed by atoms with Crippen LogP contribution in [0.5, 0.6) is 0 Å². The minimum atomic E-state index is -0.366. The molecule has 0 unspecified atom stereocenters. The van der Waals surface area contributed by atoms with Crippen molar-refractivity contribution < 1.29 is 14.2 Å². The van der Waals surface area contributed by atoms with Gasteiger partial charge in [-0.15, -0.1) is 0 Å². The van der Waals surface area contributed by atoms with Crippen molar-refractivity contribution in [1.29, 1.82) is 10.5 Å². The summed E-state index contributed by atoms with van der Waals surface area (Å²) in [7, 11) is 1.58. The fourth-order valence-corrected chi connectivity index (χ4v) is 2.98. The molecule has 0 aliphatic heterocycles. The van der Waals surface area contributed by atoms with Gasteiger partial charge in [0, 0.05) is 19.2 Å². The molecule has 0 aliphatic rings. The number of thioether (sulfide) groups is 1. The van der Waals surface area contributed by atoms with E-state index >= 15 is 0 Å². The van der Waals surface area contributed by atoms with Gasteiger partial charge in [0.15, 0.2) is 5.03 Å². The van der Waals surface area contributed by atoms with E-state index in [0.29, 0.717) is 10.6 Å². The Morgan fingerprint density at radius 1 is 1.32 bits per heavy atom. The van der Waals surface area contributed by atoms with Crippen LogP contribution in [0.4, 0.5) is 10.2 Å². The summed E-state index contributed by atoms with van der Waals surface area (Å²) < 4.78 is 13.7. The lowest BCUT2D eigenvalue weighted by Gasteiger charge is -2.17. The molecule has 0 radical (unpaired) electrons. The minimum Gasteiger partial charge on any atom is -0.341 e. The van der Waals surface area contributed by atoms with Crippen LogP contribution in [-0.4, -0.2) is 23.6 Å². The monoisotopic (exact) mass is 356 g/mol. The van der Waals surface area contributed by atoms with Gasteiger partial charge in [0.05, 0.1) is 5.75 Å². The quantitative estimate of drug-likeness (QED) is 0.821. The highest BCUT2D eigenvalue weighted by atomic mass is 32.2. The van der Waals surface area contributed by atoms with Crippen molar-refractivity contribution in [2.24, 2.45) is 0 Å². The summed E-state index contributed by atoms with van der Waals surface area (Å²) in [4.78, 5) is 16.4. The number of aromatic nitrogens is 1. The van der Waals surface area contributed by atoms with Crippen LogP contribution in [0, 0.1) is 28.5 Å². The molecular formula is C17H15FN5OS+. The maximum atomic E-state index is 13.7. The Morgan fingerprint density at radius 2 is 2.00 bits per heavy atom. The number of hydrogen-bond acceptors (Lipinski definition) is 5. The Hall–Kier alpha value is -3.10. The molecule has 6 nitrogen and oxygen atoms in total. The van der Waals surface area contributed by atoms with Crippen molar-refractivity contribution in [3.05, 3.63) is 52.8 Å². The first-order chi connectivity index (χ1) is 12.0. The molecule has 126 valence electrons. The second-order valence-electron chi connectivity index (χ2n) is 5.19. The van der Waals surface area contributed by atoms with Crippen LogP contribution in [0.2, 0.25) is 0 Å². The van der Waals surface area contributed by atoms with Gasteiger partial charge in [-0.1, -0.05) is 30.0 Å². The van der Waals surface area contributed by atoms with Crippen LogP contribution >= 0.6 is 11.8 Å². The number of rotatable bonds is 5. The lowest BCUT2D eigenvalue weighted by Crippen LogP contribution is -2.28. The zero-order valence-corrected chi connectivity index (χ0v) is 14.2. The summed E-state index contributed by atoms with van der Waals surface area (Å²) in [5, 5.41) is 18.5. The van der Waals surface area contributed by atoms with Gasteiger partial charge in [0.25, 0.3) is 5.82 Å². The van der Waals surface area contributed by atoms with Crippen LogP contribution in [0.25, 0.3) is 0 Å². The van der Waals surface area contributed by atoms with E-state index in [1.54, 1.807) is 25.2 Å². The van der Waals surface area contributed by atoms with E-state index in [0.717, 1.165) is 11.8 Å². The highest BCUT2D eigenvalue weighted by molar-refractivity contribution is 7.99.